The lowest BCUT2D eigenvalue weighted by atomic mass is 9.33. The van der Waals surface area contributed by atoms with Crippen LogP contribution in [0.5, 0.6) is 0 Å². The first-order valence-electron chi connectivity index (χ1n) is 21.4. The number of nitrogens with zero attached hydrogens (tertiary/aromatic N) is 2. The maximum Gasteiger partial charge on any atom is 0.252 e. The highest BCUT2D eigenvalue weighted by Crippen LogP contribution is 2.45. The number of fused-ring (bicyclic) bond motifs is 4. The molecule has 7 aromatic rings. The van der Waals surface area contributed by atoms with Gasteiger partial charge in [-0.2, -0.15) is 0 Å². The molecule has 2 heterocycles. The minimum Gasteiger partial charge on any atom is -0.311 e. The molecule has 0 saturated heterocycles. The fourth-order valence-corrected chi connectivity index (χ4v) is 14.3. The molecule has 0 amide bonds. The number of rotatable bonds is 6. The third-order valence-corrected chi connectivity index (χ3v) is 20.5. The lowest BCUT2D eigenvalue weighted by Crippen LogP contribution is -2.63. The quantitative estimate of drug-likeness (QED) is 0.155. The Morgan fingerprint density at radius 3 is 1.47 bits per heavy atom. The van der Waals surface area contributed by atoms with Gasteiger partial charge >= 0.3 is 0 Å². The van der Waals surface area contributed by atoms with E-state index in [1.54, 1.807) is 0 Å². The van der Waals surface area contributed by atoms with Crippen molar-refractivity contribution in [2.75, 3.05) is 9.80 Å². The van der Waals surface area contributed by atoms with Gasteiger partial charge in [0.1, 0.15) is 16.1 Å². The zero-order chi connectivity index (χ0) is 41.5. The van der Waals surface area contributed by atoms with Crippen LogP contribution in [-0.2, 0) is 10.8 Å². The highest BCUT2D eigenvalue weighted by atomic mass is 28.3. The highest BCUT2D eigenvalue weighted by Gasteiger charge is 2.44. The van der Waals surface area contributed by atoms with Crippen LogP contribution in [0.15, 0.2) is 164 Å². The Labute approximate surface area is 355 Å². The van der Waals surface area contributed by atoms with Crippen molar-refractivity contribution in [1.82, 2.24) is 0 Å². The summed E-state index contributed by atoms with van der Waals surface area (Å²) in [5.74, 6) is 0. The van der Waals surface area contributed by atoms with E-state index >= 15 is 0 Å². The lowest BCUT2D eigenvalue weighted by molar-refractivity contribution is 0.590. The normalized spacial score (nSPS) is 13.8. The molecule has 0 atom stereocenters. The van der Waals surface area contributed by atoms with E-state index in [4.69, 9.17) is 0 Å². The van der Waals surface area contributed by atoms with Gasteiger partial charge in [0.05, 0.1) is 0 Å². The molecule has 59 heavy (non-hydrogen) atoms. The van der Waals surface area contributed by atoms with E-state index in [1.807, 2.05) is 0 Å². The summed E-state index contributed by atoms with van der Waals surface area (Å²) in [7, 11) is -3.94. The average molecular weight is 801 g/mol. The second-order valence-corrected chi connectivity index (χ2v) is 28.7. The van der Waals surface area contributed by atoms with Crippen molar-refractivity contribution in [3.8, 4) is 0 Å². The van der Waals surface area contributed by atoms with Gasteiger partial charge in [0.2, 0.25) is 0 Å². The molecule has 2 aliphatic rings. The minimum absolute atomic E-state index is 0.0000710. The van der Waals surface area contributed by atoms with Crippen molar-refractivity contribution in [3.63, 3.8) is 0 Å². The van der Waals surface area contributed by atoms with Crippen molar-refractivity contribution < 1.29 is 0 Å². The molecular formula is C54H57BN2Si2. The molecule has 0 fully saturated rings. The van der Waals surface area contributed by atoms with Gasteiger partial charge in [-0.05, 0) is 86.9 Å². The molecule has 0 radical (unpaired) electrons. The van der Waals surface area contributed by atoms with Crippen molar-refractivity contribution in [2.24, 2.45) is 0 Å². The molecule has 294 valence electrons. The standard InChI is InChI=1S/C54H57BN2Si2/c1-53(2,3)38-19-17-20-41(35-38)57-50-26-18-25-49-52(50)55(46-33-27-39(36-51(46)57)54(4,5)6)47-37-45(59(9,10)43-23-15-12-16-24-43)32-34-48(47)56(49)40-28-30-44(31-29-40)58(7,8)42-21-13-11-14-22-42/h11-37H,1-10H3. The van der Waals surface area contributed by atoms with E-state index in [-0.39, 0.29) is 17.5 Å². The van der Waals surface area contributed by atoms with Crippen LogP contribution < -0.4 is 46.9 Å². The summed E-state index contributed by atoms with van der Waals surface area (Å²) in [5.41, 5.74) is 14.3. The number of hydrogen-bond donors (Lipinski definition) is 0. The maximum absolute atomic E-state index is 2.60. The van der Waals surface area contributed by atoms with Crippen molar-refractivity contribution in [1.29, 1.82) is 0 Å². The molecule has 2 aliphatic heterocycles. The Kier molecular flexibility index (Phi) is 9.37. The monoisotopic (exact) mass is 800 g/mol. The first-order chi connectivity index (χ1) is 28.0. The van der Waals surface area contributed by atoms with E-state index in [2.05, 4.69) is 241 Å². The largest absolute Gasteiger partial charge is 0.311 e. The van der Waals surface area contributed by atoms with Gasteiger partial charge in [0, 0.05) is 34.1 Å². The van der Waals surface area contributed by atoms with Gasteiger partial charge in [-0.3, -0.25) is 0 Å². The lowest BCUT2D eigenvalue weighted by Gasteiger charge is -2.45. The Hall–Kier alpha value is -5.36. The molecule has 0 aromatic heterocycles. The molecule has 0 unspecified atom stereocenters. The highest BCUT2D eigenvalue weighted by molar-refractivity contribution is 7.03. The van der Waals surface area contributed by atoms with Crippen LogP contribution >= 0.6 is 0 Å². The predicted molar refractivity (Wildman–Crippen MR) is 264 cm³/mol. The predicted octanol–water partition coefficient (Wildman–Crippen LogP) is 10.0. The first-order valence-corrected chi connectivity index (χ1v) is 27.4. The molecule has 2 nitrogen and oxygen atoms in total. The summed E-state index contributed by atoms with van der Waals surface area (Å²) in [6, 6.07) is 63.0. The number of benzene rings is 7. The van der Waals surface area contributed by atoms with Crippen molar-refractivity contribution in [2.45, 2.75) is 78.6 Å². The average Bonchev–Trinajstić information content (AvgIpc) is 3.23. The van der Waals surface area contributed by atoms with Gasteiger partial charge in [-0.25, -0.2) is 0 Å². The zero-order valence-corrected chi connectivity index (χ0v) is 38.6. The zero-order valence-electron chi connectivity index (χ0n) is 36.6. The molecule has 0 saturated carbocycles. The van der Waals surface area contributed by atoms with Crippen molar-refractivity contribution in [3.05, 3.63) is 175 Å². The van der Waals surface area contributed by atoms with Crippen LogP contribution in [-0.4, -0.2) is 22.9 Å². The van der Waals surface area contributed by atoms with Gasteiger partial charge in [0.15, 0.2) is 0 Å². The molecule has 7 aromatic carbocycles. The van der Waals surface area contributed by atoms with Crippen LogP contribution in [0.4, 0.5) is 34.1 Å². The van der Waals surface area contributed by atoms with Crippen molar-refractivity contribution >= 4 is 94.1 Å². The molecule has 0 aliphatic carbocycles. The Morgan fingerprint density at radius 1 is 0.373 bits per heavy atom. The molecule has 0 N–H and O–H groups in total. The summed E-state index contributed by atoms with van der Waals surface area (Å²) >= 11 is 0. The Balaban J connectivity index is 1.30. The third-order valence-electron chi connectivity index (χ3n) is 13.4. The molecule has 0 spiro atoms. The molecule has 5 heteroatoms. The van der Waals surface area contributed by atoms with E-state index in [0.717, 1.165) is 0 Å². The van der Waals surface area contributed by atoms with E-state index in [1.165, 1.54) is 82.4 Å². The Bertz CT molecular complexity index is 2690. The first kappa shape index (κ1) is 39.1. The van der Waals surface area contributed by atoms with Gasteiger partial charge in [0.25, 0.3) is 6.71 Å². The minimum atomic E-state index is -2.05. The Morgan fingerprint density at radius 2 is 0.881 bits per heavy atom. The van der Waals surface area contributed by atoms with Crippen LogP contribution in [0.25, 0.3) is 0 Å². The van der Waals surface area contributed by atoms with E-state index in [0.29, 0.717) is 0 Å². The van der Waals surface area contributed by atoms with Crippen LogP contribution in [0, 0.1) is 0 Å². The fourth-order valence-electron chi connectivity index (χ4n) is 9.53. The number of hydrogen-bond acceptors (Lipinski definition) is 2. The third kappa shape index (κ3) is 6.63. The summed E-state index contributed by atoms with van der Waals surface area (Å²) in [5, 5.41) is 5.82. The summed E-state index contributed by atoms with van der Waals surface area (Å²) in [6.45, 7) is 24.0. The fraction of sp³-hybridized carbons (Fsp3) is 0.222. The van der Waals surface area contributed by atoms with Crippen LogP contribution in [0.3, 0.4) is 0 Å². The topological polar surface area (TPSA) is 6.48 Å². The summed E-state index contributed by atoms with van der Waals surface area (Å²) in [6.07, 6.45) is 0. The molecule has 0 bridgehead atoms. The maximum atomic E-state index is 2.60. The van der Waals surface area contributed by atoms with Gasteiger partial charge in [-0.15, -0.1) is 0 Å². The second-order valence-electron chi connectivity index (χ2n) is 19.9. The van der Waals surface area contributed by atoms with E-state index < -0.39 is 16.1 Å². The summed E-state index contributed by atoms with van der Waals surface area (Å²) < 4.78 is 0. The van der Waals surface area contributed by atoms with Gasteiger partial charge in [-0.1, -0.05) is 204 Å². The smallest absolute Gasteiger partial charge is 0.252 e. The molecule has 9 rings (SSSR count). The SMILES string of the molecule is CC(C)(C)c1cccc(N2c3cc(C(C)(C)C)ccc3B3c4cc([Si](C)(C)c5ccccc5)ccc4N(c4ccc([Si](C)(C)c5ccccc5)cc4)c4cccc2c43)c1. The summed E-state index contributed by atoms with van der Waals surface area (Å²) in [4.78, 5) is 5.13. The second kappa shape index (κ2) is 14.1. The van der Waals surface area contributed by atoms with Crippen LogP contribution in [0.1, 0.15) is 52.7 Å². The number of anilines is 6. The van der Waals surface area contributed by atoms with E-state index in [9.17, 15) is 0 Å². The van der Waals surface area contributed by atoms with Crippen LogP contribution in [0.2, 0.25) is 26.2 Å². The van der Waals surface area contributed by atoms with Gasteiger partial charge < -0.3 is 9.80 Å². The molecular weight excluding hydrogens is 744 g/mol.